The standard InChI is InChI=1S/C19H25N9O2/c1-5-27(6-2)14-9-7-13(8-10-14)11-21-23-19(29)15-16(12(3)4)28(26-22-15)18-17(20)24-30-25-18/h7-12H,5-6H2,1-4H3,(H2,20,24)(H,23,29). The highest BCUT2D eigenvalue weighted by atomic mass is 16.6. The van der Waals surface area contributed by atoms with Gasteiger partial charge >= 0.3 is 0 Å². The molecule has 1 aromatic carbocycles. The predicted molar refractivity (Wildman–Crippen MR) is 113 cm³/mol. The molecule has 3 N–H and O–H groups in total. The van der Waals surface area contributed by atoms with Crippen molar-refractivity contribution in [3.63, 3.8) is 0 Å². The van der Waals surface area contributed by atoms with Gasteiger partial charge in [0.1, 0.15) is 0 Å². The number of anilines is 2. The van der Waals surface area contributed by atoms with Crippen LogP contribution < -0.4 is 16.1 Å². The summed E-state index contributed by atoms with van der Waals surface area (Å²) < 4.78 is 5.96. The molecule has 0 atom stereocenters. The Balaban J connectivity index is 1.74. The highest BCUT2D eigenvalue weighted by Crippen LogP contribution is 2.22. The van der Waals surface area contributed by atoms with Crippen LogP contribution in [-0.2, 0) is 0 Å². The number of nitrogens with two attached hydrogens (primary N) is 1. The van der Waals surface area contributed by atoms with Gasteiger partial charge in [0.15, 0.2) is 5.69 Å². The van der Waals surface area contributed by atoms with Gasteiger partial charge in [-0.1, -0.05) is 31.2 Å². The fraction of sp³-hybridized carbons (Fsp3) is 0.368. The van der Waals surface area contributed by atoms with Crippen LogP contribution in [-0.4, -0.2) is 50.5 Å². The predicted octanol–water partition coefficient (Wildman–Crippen LogP) is 1.97. The topological polar surface area (TPSA) is 140 Å². The first-order valence-corrected chi connectivity index (χ1v) is 9.68. The van der Waals surface area contributed by atoms with Crippen molar-refractivity contribution in [2.24, 2.45) is 5.10 Å². The first kappa shape index (κ1) is 21.0. The molecule has 0 radical (unpaired) electrons. The van der Waals surface area contributed by atoms with Crippen LogP contribution in [0.25, 0.3) is 5.82 Å². The molecule has 3 aromatic rings. The summed E-state index contributed by atoms with van der Waals surface area (Å²) >= 11 is 0. The fourth-order valence-electron chi connectivity index (χ4n) is 3.04. The summed E-state index contributed by atoms with van der Waals surface area (Å²) in [6.45, 7) is 9.91. The maximum Gasteiger partial charge on any atom is 0.293 e. The lowest BCUT2D eigenvalue weighted by Crippen LogP contribution is -2.21. The van der Waals surface area contributed by atoms with Gasteiger partial charge in [-0.25, -0.2) is 10.1 Å². The zero-order valence-electron chi connectivity index (χ0n) is 17.4. The minimum Gasteiger partial charge on any atom is -0.378 e. The third-order valence-electron chi connectivity index (χ3n) is 4.56. The van der Waals surface area contributed by atoms with Gasteiger partial charge in [0.05, 0.1) is 11.9 Å². The minimum atomic E-state index is -0.490. The molecule has 0 bridgehead atoms. The first-order valence-electron chi connectivity index (χ1n) is 9.68. The molecule has 30 heavy (non-hydrogen) atoms. The Morgan fingerprint density at radius 2 is 1.97 bits per heavy atom. The van der Waals surface area contributed by atoms with Gasteiger partial charge in [-0.2, -0.15) is 9.78 Å². The molecule has 0 aliphatic rings. The van der Waals surface area contributed by atoms with Gasteiger partial charge in [0.25, 0.3) is 5.91 Å². The van der Waals surface area contributed by atoms with Crippen LogP contribution in [0.15, 0.2) is 34.0 Å². The van der Waals surface area contributed by atoms with E-state index in [-0.39, 0.29) is 23.2 Å². The Morgan fingerprint density at radius 1 is 1.27 bits per heavy atom. The van der Waals surface area contributed by atoms with E-state index in [0.29, 0.717) is 5.69 Å². The molecule has 1 amide bonds. The maximum atomic E-state index is 12.6. The molecule has 11 heteroatoms. The Hall–Kier alpha value is -3.76. The van der Waals surface area contributed by atoms with Crippen LogP contribution in [0, 0.1) is 0 Å². The van der Waals surface area contributed by atoms with E-state index in [2.05, 4.69) is 54.5 Å². The summed E-state index contributed by atoms with van der Waals surface area (Å²) in [6, 6.07) is 7.93. The zero-order chi connectivity index (χ0) is 21.7. The average Bonchev–Trinajstić information content (AvgIpc) is 3.36. The second-order valence-corrected chi connectivity index (χ2v) is 6.83. The first-order chi connectivity index (χ1) is 14.5. The quantitative estimate of drug-likeness (QED) is 0.423. The van der Waals surface area contributed by atoms with E-state index in [1.807, 2.05) is 38.1 Å². The average molecular weight is 411 g/mol. The summed E-state index contributed by atoms with van der Waals surface area (Å²) in [5.41, 5.74) is 10.9. The van der Waals surface area contributed by atoms with Gasteiger partial charge in [-0.3, -0.25) is 4.79 Å². The molecule has 3 rings (SSSR count). The zero-order valence-corrected chi connectivity index (χ0v) is 17.4. The Morgan fingerprint density at radius 3 is 2.53 bits per heavy atom. The van der Waals surface area contributed by atoms with Crippen LogP contribution in [0.2, 0.25) is 0 Å². The lowest BCUT2D eigenvalue weighted by atomic mass is 10.1. The van der Waals surface area contributed by atoms with E-state index in [1.54, 1.807) is 6.21 Å². The normalized spacial score (nSPS) is 11.4. The number of benzene rings is 1. The summed E-state index contributed by atoms with van der Waals surface area (Å²) in [5.74, 6) is -0.341. The largest absolute Gasteiger partial charge is 0.378 e. The van der Waals surface area contributed by atoms with Gasteiger partial charge in [0.2, 0.25) is 11.6 Å². The molecule has 2 aromatic heterocycles. The number of hydrazone groups is 1. The fourth-order valence-corrected chi connectivity index (χ4v) is 3.04. The molecule has 11 nitrogen and oxygen atoms in total. The van der Waals surface area contributed by atoms with Crippen molar-refractivity contribution in [1.29, 1.82) is 0 Å². The Labute approximate surface area is 173 Å². The number of hydrogen-bond donors (Lipinski definition) is 2. The second kappa shape index (κ2) is 9.16. The highest BCUT2D eigenvalue weighted by Gasteiger charge is 2.25. The minimum absolute atomic E-state index is 0.0555. The van der Waals surface area contributed by atoms with Gasteiger partial charge in [-0.15, -0.1) is 5.10 Å². The number of amides is 1. The monoisotopic (exact) mass is 411 g/mol. The van der Waals surface area contributed by atoms with Crippen molar-refractivity contribution >= 4 is 23.6 Å². The molecule has 0 unspecified atom stereocenters. The van der Waals surface area contributed by atoms with E-state index < -0.39 is 5.91 Å². The Kier molecular flexibility index (Phi) is 6.40. The number of nitrogens with one attached hydrogen (secondary N) is 1. The summed E-state index contributed by atoms with van der Waals surface area (Å²) in [6.07, 6.45) is 1.57. The van der Waals surface area contributed by atoms with E-state index in [9.17, 15) is 4.79 Å². The van der Waals surface area contributed by atoms with Crippen molar-refractivity contribution in [2.75, 3.05) is 23.7 Å². The molecule has 0 aliphatic heterocycles. The summed E-state index contributed by atoms with van der Waals surface area (Å²) in [5, 5.41) is 19.2. The molecule has 0 saturated heterocycles. The second-order valence-electron chi connectivity index (χ2n) is 6.83. The third kappa shape index (κ3) is 4.29. The highest BCUT2D eigenvalue weighted by molar-refractivity contribution is 5.94. The molecule has 2 heterocycles. The molecule has 158 valence electrons. The van der Waals surface area contributed by atoms with Crippen molar-refractivity contribution in [3.8, 4) is 5.82 Å². The van der Waals surface area contributed by atoms with E-state index in [1.165, 1.54) is 4.68 Å². The van der Waals surface area contributed by atoms with Gasteiger partial charge in [0, 0.05) is 18.8 Å². The van der Waals surface area contributed by atoms with Crippen molar-refractivity contribution < 1.29 is 9.42 Å². The molecule has 0 spiro atoms. The van der Waals surface area contributed by atoms with Crippen LogP contribution >= 0.6 is 0 Å². The van der Waals surface area contributed by atoms with Crippen LogP contribution in [0.3, 0.4) is 0 Å². The lowest BCUT2D eigenvalue weighted by molar-refractivity contribution is 0.0948. The lowest BCUT2D eigenvalue weighted by Gasteiger charge is -2.20. The van der Waals surface area contributed by atoms with E-state index in [0.717, 1.165) is 24.3 Å². The number of carbonyl (C=O) groups excluding carboxylic acids is 1. The number of aromatic nitrogens is 5. The molecule has 0 fully saturated rings. The van der Waals surface area contributed by atoms with Gasteiger partial charge < -0.3 is 10.6 Å². The van der Waals surface area contributed by atoms with Crippen molar-refractivity contribution in [2.45, 2.75) is 33.6 Å². The van der Waals surface area contributed by atoms with Crippen molar-refractivity contribution in [3.05, 3.63) is 41.2 Å². The van der Waals surface area contributed by atoms with Crippen LogP contribution in [0.1, 0.15) is 55.4 Å². The summed E-state index contributed by atoms with van der Waals surface area (Å²) in [7, 11) is 0. The maximum absolute atomic E-state index is 12.6. The van der Waals surface area contributed by atoms with Gasteiger partial charge in [-0.05, 0) is 47.8 Å². The number of hydrogen-bond acceptors (Lipinski definition) is 9. The molecular weight excluding hydrogens is 386 g/mol. The van der Waals surface area contributed by atoms with E-state index >= 15 is 0 Å². The molecule has 0 saturated carbocycles. The number of rotatable bonds is 8. The summed E-state index contributed by atoms with van der Waals surface area (Å²) in [4.78, 5) is 14.9. The number of nitrogens with zero attached hydrogens (tertiary/aromatic N) is 7. The molecular formula is C19H25N9O2. The van der Waals surface area contributed by atoms with Crippen molar-refractivity contribution in [1.82, 2.24) is 30.7 Å². The SMILES string of the molecule is CCN(CC)c1ccc(C=NNC(=O)c2nnn(-c3nonc3N)c2C(C)C)cc1. The number of carbonyl (C=O) groups is 1. The van der Waals surface area contributed by atoms with E-state index in [4.69, 9.17) is 5.73 Å². The third-order valence-corrected chi connectivity index (χ3v) is 4.56. The number of nitrogen functional groups attached to an aromatic ring is 1. The Bertz CT molecular complexity index is 1020. The van der Waals surface area contributed by atoms with Crippen LogP contribution in [0.4, 0.5) is 11.5 Å². The van der Waals surface area contributed by atoms with Crippen LogP contribution in [0.5, 0.6) is 0 Å². The smallest absolute Gasteiger partial charge is 0.293 e. The molecule has 0 aliphatic carbocycles.